The van der Waals surface area contributed by atoms with Gasteiger partial charge in [-0.3, -0.25) is 4.79 Å². The molecule has 1 amide bonds. The third kappa shape index (κ3) is 6.86. The Bertz CT molecular complexity index is 223. The quantitative estimate of drug-likeness (QED) is 0.742. The second-order valence-electron chi connectivity index (χ2n) is 5.11. The van der Waals surface area contributed by atoms with E-state index < -0.39 is 5.54 Å². The average Bonchev–Trinajstić information content (AvgIpc) is 2.24. The monoisotopic (exact) mass is 264 g/mol. The first-order chi connectivity index (χ1) is 7.50. The van der Waals surface area contributed by atoms with Crippen LogP contribution in [0.5, 0.6) is 0 Å². The fraction of sp³-hybridized carbons (Fsp3) is 0.917. The molecule has 0 bridgehead atoms. The Balaban J connectivity index is 0.00000256. The van der Waals surface area contributed by atoms with Gasteiger partial charge in [-0.2, -0.15) is 0 Å². The van der Waals surface area contributed by atoms with Crippen molar-refractivity contribution in [3.05, 3.63) is 0 Å². The van der Waals surface area contributed by atoms with Gasteiger partial charge < -0.3 is 15.8 Å². The molecular formula is C12H25ClN2O2. The van der Waals surface area contributed by atoms with Crippen molar-refractivity contribution in [2.45, 2.75) is 57.6 Å². The molecule has 1 fully saturated rings. The second-order valence-corrected chi connectivity index (χ2v) is 5.11. The van der Waals surface area contributed by atoms with Gasteiger partial charge in [0.25, 0.3) is 0 Å². The molecular weight excluding hydrogens is 240 g/mol. The zero-order valence-electron chi connectivity index (χ0n) is 10.8. The molecule has 3 N–H and O–H groups in total. The van der Waals surface area contributed by atoms with Crippen LogP contribution in [0, 0.1) is 0 Å². The van der Waals surface area contributed by atoms with Gasteiger partial charge in [0.15, 0.2) is 0 Å². The van der Waals surface area contributed by atoms with Crippen LogP contribution in [0.2, 0.25) is 0 Å². The highest BCUT2D eigenvalue weighted by molar-refractivity contribution is 5.85. The standard InChI is InChI=1S/C12H24N2O2.ClH/c1-12(2,13)11(15)14-8-9-16-10-6-4-3-5-7-10;/h10H,3-9,13H2,1-2H3,(H,14,15);1H. The van der Waals surface area contributed by atoms with Crippen molar-refractivity contribution in [3.63, 3.8) is 0 Å². The third-order valence-electron chi connectivity index (χ3n) is 2.88. The van der Waals surface area contributed by atoms with E-state index in [-0.39, 0.29) is 18.3 Å². The van der Waals surface area contributed by atoms with Gasteiger partial charge in [-0.1, -0.05) is 19.3 Å². The van der Waals surface area contributed by atoms with Gasteiger partial charge in [-0.25, -0.2) is 0 Å². The summed E-state index contributed by atoms with van der Waals surface area (Å²) in [5, 5.41) is 2.77. The lowest BCUT2D eigenvalue weighted by molar-refractivity contribution is -0.125. The van der Waals surface area contributed by atoms with E-state index in [1.54, 1.807) is 13.8 Å². The van der Waals surface area contributed by atoms with Crippen molar-refractivity contribution in [3.8, 4) is 0 Å². The van der Waals surface area contributed by atoms with E-state index in [9.17, 15) is 4.79 Å². The minimum absolute atomic E-state index is 0. The molecule has 1 aliphatic rings. The van der Waals surface area contributed by atoms with E-state index in [1.165, 1.54) is 19.3 Å². The number of ether oxygens (including phenoxy) is 1. The number of nitrogens with one attached hydrogen (secondary N) is 1. The highest BCUT2D eigenvalue weighted by Gasteiger charge is 2.21. The van der Waals surface area contributed by atoms with Gasteiger partial charge in [0.05, 0.1) is 18.2 Å². The van der Waals surface area contributed by atoms with Crippen LogP contribution in [-0.2, 0) is 9.53 Å². The Morgan fingerprint density at radius 1 is 1.35 bits per heavy atom. The zero-order valence-corrected chi connectivity index (χ0v) is 11.6. The summed E-state index contributed by atoms with van der Waals surface area (Å²) in [6.07, 6.45) is 6.60. The summed E-state index contributed by atoms with van der Waals surface area (Å²) in [4.78, 5) is 11.4. The Morgan fingerprint density at radius 3 is 2.47 bits per heavy atom. The van der Waals surface area contributed by atoms with E-state index in [0.29, 0.717) is 19.3 Å². The fourth-order valence-electron chi connectivity index (χ4n) is 1.85. The molecule has 0 radical (unpaired) electrons. The Labute approximate surface area is 110 Å². The van der Waals surface area contributed by atoms with Gasteiger partial charge in [0.1, 0.15) is 0 Å². The molecule has 0 aliphatic heterocycles. The van der Waals surface area contributed by atoms with Crippen LogP contribution in [0.15, 0.2) is 0 Å². The van der Waals surface area contributed by atoms with Crippen LogP contribution >= 0.6 is 12.4 Å². The van der Waals surface area contributed by atoms with Crippen LogP contribution in [0.3, 0.4) is 0 Å². The van der Waals surface area contributed by atoms with E-state index in [2.05, 4.69) is 5.32 Å². The summed E-state index contributed by atoms with van der Waals surface area (Å²) in [6.45, 7) is 4.54. The van der Waals surface area contributed by atoms with Crippen molar-refractivity contribution in [1.29, 1.82) is 0 Å². The van der Waals surface area contributed by atoms with Crippen LogP contribution in [0.25, 0.3) is 0 Å². The first kappa shape index (κ1) is 16.7. The summed E-state index contributed by atoms with van der Waals surface area (Å²) < 4.78 is 5.69. The van der Waals surface area contributed by atoms with Crippen LogP contribution in [0.4, 0.5) is 0 Å². The minimum atomic E-state index is -0.801. The number of halogens is 1. The predicted octanol–water partition coefficient (Wildman–Crippen LogP) is 1.61. The first-order valence-corrected chi connectivity index (χ1v) is 6.19. The molecule has 4 nitrogen and oxygen atoms in total. The molecule has 1 rings (SSSR count). The predicted molar refractivity (Wildman–Crippen MR) is 71.3 cm³/mol. The molecule has 0 aromatic heterocycles. The first-order valence-electron chi connectivity index (χ1n) is 6.19. The molecule has 0 unspecified atom stereocenters. The van der Waals surface area contributed by atoms with Crippen molar-refractivity contribution in [2.24, 2.45) is 5.73 Å². The number of carbonyl (C=O) groups is 1. The molecule has 5 heteroatoms. The summed E-state index contributed by atoms with van der Waals surface area (Å²) in [7, 11) is 0. The van der Waals surface area contributed by atoms with Gasteiger partial charge in [-0.05, 0) is 26.7 Å². The van der Waals surface area contributed by atoms with Gasteiger partial charge >= 0.3 is 0 Å². The lowest BCUT2D eigenvalue weighted by Gasteiger charge is -2.23. The highest BCUT2D eigenvalue weighted by Crippen LogP contribution is 2.19. The van der Waals surface area contributed by atoms with E-state index in [1.807, 2.05) is 0 Å². The largest absolute Gasteiger partial charge is 0.376 e. The number of hydrogen-bond donors (Lipinski definition) is 2. The van der Waals surface area contributed by atoms with E-state index >= 15 is 0 Å². The third-order valence-corrected chi connectivity index (χ3v) is 2.88. The normalized spacial score (nSPS) is 17.4. The maximum atomic E-state index is 11.4. The molecule has 0 heterocycles. The van der Waals surface area contributed by atoms with Gasteiger partial charge in [-0.15, -0.1) is 12.4 Å². The molecule has 17 heavy (non-hydrogen) atoms. The Morgan fingerprint density at radius 2 is 1.94 bits per heavy atom. The minimum Gasteiger partial charge on any atom is -0.376 e. The number of amides is 1. The van der Waals surface area contributed by atoms with Crippen molar-refractivity contribution in [1.82, 2.24) is 5.32 Å². The van der Waals surface area contributed by atoms with Crippen molar-refractivity contribution < 1.29 is 9.53 Å². The van der Waals surface area contributed by atoms with Gasteiger partial charge in [0, 0.05) is 6.54 Å². The highest BCUT2D eigenvalue weighted by atomic mass is 35.5. The molecule has 1 aliphatic carbocycles. The zero-order chi connectivity index (χ0) is 12.0. The molecule has 0 atom stereocenters. The maximum absolute atomic E-state index is 11.4. The Kier molecular flexibility index (Phi) is 7.75. The molecule has 1 saturated carbocycles. The lowest BCUT2D eigenvalue weighted by atomic mass is 9.98. The van der Waals surface area contributed by atoms with E-state index in [0.717, 1.165) is 12.8 Å². The molecule has 0 aromatic rings. The smallest absolute Gasteiger partial charge is 0.239 e. The number of nitrogens with two attached hydrogens (primary N) is 1. The summed E-state index contributed by atoms with van der Waals surface area (Å²) in [5.41, 5.74) is 4.85. The fourth-order valence-corrected chi connectivity index (χ4v) is 1.85. The van der Waals surface area contributed by atoms with Gasteiger partial charge in [0.2, 0.25) is 5.91 Å². The van der Waals surface area contributed by atoms with Crippen LogP contribution < -0.4 is 11.1 Å². The number of carbonyl (C=O) groups excluding carboxylic acids is 1. The summed E-state index contributed by atoms with van der Waals surface area (Å²) in [5.74, 6) is -0.125. The summed E-state index contributed by atoms with van der Waals surface area (Å²) >= 11 is 0. The van der Waals surface area contributed by atoms with Crippen molar-refractivity contribution >= 4 is 18.3 Å². The second kappa shape index (κ2) is 7.90. The molecule has 102 valence electrons. The average molecular weight is 265 g/mol. The maximum Gasteiger partial charge on any atom is 0.239 e. The lowest BCUT2D eigenvalue weighted by Crippen LogP contribution is -2.49. The molecule has 0 spiro atoms. The van der Waals surface area contributed by atoms with Crippen molar-refractivity contribution in [2.75, 3.05) is 13.2 Å². The topological polar surface area (TPSA) is 64.4 Å². The van der Waals surface area contributed by atoms with Crippen LogP contribution in [-0.4, -0.2) is 30.7 Å². The van der Waals surface area contributed by atoms with Crippen LogP contribution in [0.1, 0.15) is 46.0 Å². The summed E-state index contributed by atoms with van der Waals surface area (Å²) in [6, 6.07) is 0. The molecule has 0 saturated heterocycles. The van der Waals surface area contributed by atoms with E-state index in [4.69, 9.17) is 10.5 Å². The molecule has 0 aromatic carbocycles. The number of hydrogen-bond acceptors (Lipinski definition) is 3. The Hall–Kier alpha value is -0.320. The SMILES string of the molecule is CC(C)(N)C(=O)NCCOC1CCCCC1.Cl. The number of rotatable bonds is 5.